The van der Waals surface area contributed by atoms with E-state index in [0.717, 1.165) is 12.8 Å². The summed E-state index contributed by atoms with van der Waals surface area (Å²) in [4.78, 5) is 35.1. The Kier molecular flexibility index (Phi) is 9.58. The van der Waals surface area contributed by atoms with Crippen LogP contribution in [0.3, 0.4) is 0 Å². The molecule has 26 heavy (non-hydrogen) atoms. The van der Waals surface area contributed by atoms with Crippen LogP contribution >= 0.6 is 0 Å². The number of nitrogens with one attached hydrogen (secondary N) is 2. The summed E-state index contributed by atoms with van der Waals surface area (Å²) < 4.78 is 5.85. The number of aliphatic hydroxyl groups excluding tert-OH is 1. The molecule has 1 fully saturated rings. The standard InChI is InChI=1S/C18H32N2O6/c1-11(2)16(22)20-15(17(23)19-9-14(21)18(24)25)12(3)26-10-13-7-5-4-6-8-13/h11-15,21H,4-10H2,1-3H3,(H,19,23)(H,20,22)(H,24,25). The predicted molar refractivity (Wildman–Crippen MR) is 95.4 cm³/mol. The highest BCUT2D eigenvalue weighted by Gasteiger charge is 2.30. The van der Waals surface area contributed by atoms with Crippen molar-refractivity contribution in [2.45, 2.75) is 71.1 Å². The molecule has 1 saturated carbocycles. The van der Waals surface area contributed by atoms with Crippen molar-refractivity contribution in [3.05, 3.63) is 0 Å². The Bertz CT molecular complexity index is 476. The van der Waals surface area contributed by atoms with Gasteiger partial charge in [0.05, 0.1) is 12.6 Å². The van der Waals surface area contributed by atoms with Crippen molar-refractivity contribution in [3.63, 3.8) is 0 Å². The number of carbonyl (C=O) groups is 3. The number of hydrogen-bond acceptors (Lipinski definition) is 5. The van der Waals surface area contributed by atoms with E-state index in [9.17, 15) is 19.5 Å². The van der Waals surface area contributed by atoms with Crippen molar-refractivity contribution >= 4 is 17.8 Å². The Morgan fingerprint density at radius 2 is 1.69 bits per heavy atom. The smallest absolute Gasteiger partial charge is 0.334 e. The maximum atomic E-state index is 12.4. The molecule has 0 aromatic heterocycles. The van der Waals surface area contributed by atoms with Gasteiger partial charge < -0.3 is 25.6 Å². The van der Waals surface area contributed by atoms with Crippen LogP contribution in [0.5, 0.6) is 0 Å². The van der Waals surface area contributed by atoms with Crippen molar-refractivity contribution in [1.82, 2.24) is 10.6 Å². The maximum absolute atomic E-state index is 12.4. The first-order valence-electron chi connectivity index (χ1n) is 9.33. The molecule has 0 aromatic rings. The summed E-state index contributed by atoms with van der Waals surface area (Å²) in [5.74, 6) is -2.13. The topological polar surface area (TPSA) is 125 Å². The minimum atomic E-state index is -1.70. The van der Waals surface area contributed by atoms with Crippen LogP contribution in [-0.4, -0.2) is 59.4 Å². The largest absolute Gasteiger partial charge is 0.479 e. The number of amides is 2. The first-order chi connectivity index (χ1) is 12.2. The molecule has 0 aliphatic heterocycles. The lowest BCUT2D eigenvalue weighted by Crippen LogP contribution is -2.55. The van der Waals surface area contributed by atoms with Crippen LogP contribution in [0.25, 0.3) is 0 Å². The second kappa shape index (κ2) is 11.1. The van der Waals surface area contributed by atoms with E-state index in [1.807, 2.05) is 0 Å². The van der Waals surface area contributed by atoms with Gasteiger partial charge in [0.1, 0.15) is 6.04 Å². The number of carboxylic acid groups (broad SMARTS) is 1. The average molecular weight is 372 g/mol. The Balaban J connectivity index is 2.64. The number of aliphatic carboxylic acids is 1. The first-order valence-corrected chi connectivity index (χ1v) is 9.33. The van der Waals surface area contributed by atoms with E-state index >= 15 is 0 Å². The van der Waals surface area contributed by atoms with Crippen LogP contribution in [0.4, 0.5) is 0 Å². The second-order valence-electron chi connectivity index (χ2n) is 7.28. The number of ether oxygens (including phenoxy) is 1. The molecule has 0 radical (unpaired) electrons. The lowest BCUT2D eigenvalue weighted by atomic mass is 9.90. The Hall–Kier alpha value is -1.67. The molecular weight excluding hydrogens is 340 g/mol. The Labute approximate surface area is 154 Å². The van der Waals surface area contributed by atoms with Crippen molar-refractivity contribution in [2.75, 3.05) is 13.2 Å². The fourth-order valence-electron chi connectivity index (χ4n) is 2.85. The molecular formula is C18H32N2O6. The SMILES string of the molecule is CC(C)C(=O)NC(C(=O)NCC(O)C(=O)O)C(C)OCC1CCCCC1. The third-order valence-electron chi connectivity index (χ3n) is 4.65. The number of aliphatic hydroxyl groups is 1. The number of hydrogen-bond donors (Lipinski definition) is 4. The Morgan fingerprint density at radius 3 is 2.23 bits per heavy atom. The van der Waals surface area contributed by atoms with Gasteiger partial charge in [-0.2, -0.15) is 0 Å². The van der Waals surface area contributed by atoms with Crippen LogP contribution in [0.15, 0.2) is 0 Å². The van der Waals surface area contributed by atoms with E-state index < -0.39 is 36.7 Å². The van der Waals surface area contributed by atoms with Gasteiger partial charge in [-0.05, 0) is 25.7 Å². The normalized spacial score (nSPS) is 18.8. The molecule has 4 N–H and O–H groups in total. The minimum absolute atomic E-state index is 0.294. The summed E-state index contributed by atoms with van der Waals surface area (Å²) in [6.07, 6.45) is 3.56. The van der Waals surface area contributed by atoms with E-state index in [-0.39, 0.29) is 11.8 Å². The van der Waals surface area contributed by atoms with Gasteiger partial charge in [0, 0.05) is 12.5 Å². The highest BCUT2D eigenvalue weighted by molar-refractivity contribution is 5.89. The molecule has 0 saturated heterocycles. The van der Waals surface area contributed by atoms with E-state index in [0.29, 0.717) is 12.5 Å². The van der Waals surface area contributed by atoms with Crippen molar-refractivity contribution in [3.8, 4) is 0 Å². The van der Waals surface area contributed by atoms with Crippen LogP contribution < -0.4 is 10.6 Å². The third-order valence-corrected chi connectivity index (χ3v) is 4.65. The zero-order valence-electron chi connectivity index (χ0n) is 15.9. The summed E-state index contributed by atoms with van der Waals surface area (Å²) in [7, 11) is 0. The molecule has 0 aromatic carbocycles. The predicted octanol–water partition coefficient (Wildman–Crippen LogP) is 0.674. The molecule has 1 aliphatic carbocycles. The fraction of sp³-hybridized carbons (Fsp3) is 0.833. The molecule has 2 amide bonds. The lowest BCUT2D eigenvalue weighted by Gasteiger charge is -2.28. The first kappa shape index (κ1) is 22.4. The molecule has 0 heterocycles. The fourth-order valence-corrected chi connectivity index (χ4v) is 2.85. The molecule has 150 valence electrons. The van der Waals surface area contributed by atoms with E-state index in [4.69, 9.17) is 9.84 Å². The van der Waals surface area contributed by atoms with Crippen LogP contribution in [0, 0.1) is 11.8 Å². The number of carboxylic acids is 1. The molecule has 0 bridgehead atoms. The number of rotatable bonds is 10. The van der Waals surface area contributed by atoms with Gasteiger partial charge in [-0.25, -0.2) is 4.79 Å². The van der Waals surface area contributed by atoms with Crippen LogP contribution in [-0.2, 0) is 19.1 Å². The van der Waals surface area contributed by atoms with Crippen molar-refractivity contribution in [1.29, 1.82) is 0 Å². The zero-order valence-corrected chi connectivity index (χ0v) is 15.9. The highest BCUT2D eigenvalue weighted by Crippen LogP contribution is 2.24. The molecule has 8 nitrogen and oxygen atoms in total. The van der Waals surface area contributed by atoms with Crippen molar-refractivity contribution in [2.24, 2.45) is 11.8 Å². The quantitative estimate of drug-likeness (QED) is 0.447. The summed E-state index contributed by atoms with van der Waals surface area (Å²) in [5, 5.41) is 23.0. The molecule has 0 spiro atoms. The lowest BCUT2D eigenvalue weighted by molar-refractivity contribution is -0.146. The second-order valence-corrected chi connectivity index (χ2v) is 7.28. The maximum Gasteiger partial charge on any atom is 0.334 e. The third kappa shape index (κ3) is 7.70. The molecule has 3 atom stereocenters. The zero-order chi connectivity index (χ0) is 19.7. The summed E-state index contributed by atoms with van der Waals surface area (Å²) in [5.41, 5.74) is 0. The van der Waals surface area contributed by atoms with Gasteiger partial charge in [-0.1, -0.05) is 33.1 Å². The van der Waals surface area contributed by atoms with E-state index in [1.165, 1.54) is 19.3 Å². The van der Waals surface area contributed by atoms with Crippen LogP contribution in [0.2, 0.25) is 0 Å². The van der Waals surface area contributed by atoms with Gasteiger partial charge in [0.2, 0.25) is 11.8 Å². The average Bonchev–Trinajstić information content (AvgIpc) is 2.62. The molecule has 1 rings (SSSR count). The van der Waals surface area contributed by atoms with Gasteiger partial charge >= 0.3 is 5.97 Å². The monoisotopic (exact) mass is 372 g/mol. The van der Waals surface area contributed by atoms with Gasteiger partial charge in [-0.15, -0.1) is 0 Å². The van der Waals surface area contributed by atoms with Crippen molar-refractivity contribution < 1.29 is 29.3 Å². The number of carbonyl (C=O) groups excluding carboxylic acids is 2. The molecule has 8 heteroatoms. The van der Waals surface area contributed by atoms with Crippen LogP contribution in [0.1, 0.15) is 52.9 Å². The summed E-state index contributed by atoms with van der Waals surface area (Å²) in [6.45, 7) is 5.23. The van der Waals surface area contributed by atoms with Gasteiger partial charge in [0.15, 0.2) is 6.10 Å². The molecule has 3 unspecified atom stereocenters. The van der Waals surface area contributed by atoms with E-state index in [2.05, 4.69) is 10.6 Å². The summed E-state index contributed by atoms with van der Waals surface area (Å²) >= 11 is 0. The minimum Gasteiger partial charge on any atom is -0.479 e. The van der Waals surface area contributed by atoms with E-state index in [1.54, 1.807) is 20.8 Å². The summed E-state index contributed by atoms with van der Waals surface area (Å²) in [6, 6.07) is -0.950. The molecule has 1 aliphatic rings. The highest BCUT2D eigenvalue weighted by atomic mass is 16.5. The van der Waals surface area contributed by atoms with Gasteiger partial charge in [-0.3, -0.25) is 9.59 Å². The Morgan fingerprint density at radius 1 is 1.08 bits per heavy atom. The van der Waals surface area contributed by atoms with Gasteiger partial charge in [0.25, 0.3) is 0 Å².